The highest BCUT2D eigenvalue weighted by Gasteiger charge is 2.13. The maximum absolute atomic E-state index is 12.0. The Kier molecular flexibility index (Phi) is 6.20. The van der Waals surface area contributed by atoms with Gasteiger partial charge in [-0.05, 0) is 43.5 Å². The van der Waals surface area contributed by atoms with Crippen LogP contribution < -0.4 is 10.4 Å². The summed E-state index contributed by atoms with van der Waals surface area (Å²) in [6, 6.07) is 7.12. The van der Waals surface area contributed by atoms with Gasteiger partial charge in [-0.2, -0.15) is 4.98 Å². The van der Waals surface area contributed by atoms with Crippen LogP contribution in [-0.4, -0.2) is 16.7 Å². The maximum atomic E-state index is 12.0. The van der Waals surface area contributed by atoms with E-state index in [2.05, 4.69) is 11.9 Å². The Morgan fingerprint density at radius 3 is 2.43 bits per heavy atom. The number of hydrogen-bond donors (Lipinski definition) is 1. The first-order valence-electron chi connectivity index (χ1n) is 8.12. The number of unbranched alkanes of at least 4 members (excludes halogenated alkanes) is 2. The first-order valence-corrected chi connectivity index (χ1v) is 8.12. The van der Waals surface area contributed by atoms with E-state index in [-0.39, 0.29) is 17.3 Å². The minimum atomic E-state index is -0.524. The zero-order valence-electron chi connectivity index (χ0n) is 13.7. The lowest BCUT2D eigenvalue weighted by Gasteiger charge is -2.07. The summed E-state index contributed by atoms with van der Waals surface area (Å²) in [5, 5.41) is 9.96. The Labute approximate surface area is 136 Å². The van der Waals surface area contributed by atoms with Gasteiger partial charge in [-0.15, -0.1) is 0 Å². The molecule has 0 spiro atoms. The van der Waals surface area contributed by atoms with Crippen molar-refractivity contribution in [1.29, 1.82) is 0 Å². The summed E-state index contributed by atoms with van der Waals surface area (Å²) in [4.78, 5) is 16.0. The molecule has 0 unspecified atom stereocenters. The molecule has 5 heteroatoms. The van der Waals surface area contributed by atoms with E-state index in [1.807, 2.05) is 6.92 Å². The molecule has 0 aliphatic carbocycles. The second-order valence-corrected chi connectivity index (χ2v) is 5.44. The monoisotopic (exact) mass is 317 g/mol. The van der Waals surface area contributed by atoms with E-state index in [4.69, 9.17) is 9.15 Å². The van der Waals surface area contributed by atoms with Gasteiger partial charge in [0.2, 0.25) is 11.8 Å². The lowest BCUT2D eigenvalue weighted by atomic mass is 10.1. The minimum absolute atomic E-state index is 0.118. The Morgan fingerprint density at radius 2 is 1.83 bits per heavy atom. The summed E-state index contributed by atoms with van der Waals surface area (Å²) < 4.78 is 10.8. The van der Waals surface area contributed by atoms with Crippen molar-refractivity contribution < 1.29 is 14.3 Å². The summed E-state index contributed by atoms with van der Waals surface area (Å²) in [5.74, 6) is 0.633. The van der Waals surface area contributed by atoms with Gasteiger partial charge in [0.25, 0.3) is 0 Å². The molecule has 0 radical (unpaired) electrons. The standard InChI is InChI=1S/C18H23NO4/c1-3-5-7-15-16(20)19-17(23-18(15)21)13-8-10-14(11-9-13)22-12-6-4-2/h8-11,20H,3-7,12H2,1-2H3. The number of benzene rings is 1. The number of hydrogen-bond acceptors (Lipinski definition) is 5. The molecule has 0 atom stereocenters. The summed E-state index contributed by atoms with van der Waals surface area (Å²) >= 11 is 0. The number of aromatic nitrogens is 1. The van der Waals surface area contributed by atoms with E-state index in [0.717, 1.165) is 31.4 Å². The number of ether oxygens (including phenoxy) is 1. The summed E-state index contributed by atoms with van der Waals surface area (Å²) in [7, 11) is 0. The van der Waals surface area contributed by atoms with E-state index in [9.17, 15) is 9.90 Å². The van der Waals surface area contributed by atoms with E-state index < -0.39 is 5.63 Å². The molecule has 0 saturated heterocycles. The van der Waals surface area contributed by atoms with Crippen LogP contribution in [0.5, 0.6) is 11.6 Å². The first kappa shape index (κ1) is 17.1. The average Bonchev–Trinajstić information content (AvgIpc) is 2.55. The Bertz CT molecular complexity index is 676. The van der Waals surface area contributed by atoms with E-state index in [1.165, 1.54) is 0 Å². The van der Waals surface area contributed by atoms with Crippen molar-refractivity contribution in [2.45, 2.75) is 46.0 Å². The zero-order valence-corrected chi connectivity index (χ0v) is 13.7. The van der Waals surface area contributed by atoms with Crippen molar-refractivity contribution in [3.8, 4) is 23.1 Å². The highest BCUT2D eigenvalue weighted by atomic mass is 16.5. The first-order chi connectivity index (χ1) is 11.2. The third kappa shape index (κ3) is 4.58. The molecule has 2 aromatic rings. The SMILES string of the molecule is CCCCOc1ccc(-c2nc(O)c(CCCC)c(=O)o2)cc1. The highest BCUT2D eigenvalue weighted by Crippen LogP contribution is 2.23. The van der Waals surface area contributed by atoms with Crippen LogP contribution in [0.25, 0.3) is 11.5 Å². The second-order valence-electron chi connectivity index (χ2n) is 5.44. The number of rotatable bonds is 8. The molecule has 0 fully saturated rings. The van der Waals surface area contributed by atoms with Crippen LogP contribution >= 0.6 is 0 Å². The molecule has 23 heavy (non-hydrogen) atoms. The van der Waals surface area contributed by atoms with Crippen molar-refractivity contribution >= 4 is 0 Å². The molecule has 0 bridgehead atoms. The number of nitrogens with zero attached hydrogens (tertiary/aromatic N) is 1. The van der Waals surface area contributed by atoms with Crippen LogP contribution in [0.2, 0.25) is 0 Å². The van der Waals surface area contributed by atoms with Gasteiger partial charge in [0.15, 0.2) is 0 Å². The van der Waals surface area contributed by atoms with Gasteiger partial charge in [0, 0.05) is 5.56 Å². The van der Waals surface area contributed by atoms with Crippen molar-refractivity contribution in [3.63, 3.8) is 0 Å². The fourth-order valence-corrected chi connectivity index (χ4v) is 2.15. The van der Waals surface area contributed by atoms with Crippen LogP contribution in [0.15, 0.2) is 33.5 Å². The van der Waals surface area contributed by atoms with Crippen LogP contribution in [0.1, 0.15) is 45.1 Å². The topological polar surface area (TPSA) is 72.6 Å². The minimum Gasteiger partial charge on any atom is -0.494 e. The molecule has 124 valence electrons. The van der Waals surface area contributed by atoms with Crippen molar-refractivity contribution in [3.05, 3.63) is 40.2 Å². The Hall–Kier alpha value is -2.30. The third-order valence-corrected chi connectivity index (χ3v) is 3.56. The van der Waals surface area contributed by atoms with Gasteiger partial charge in [0.1, 0.15) is 5.75 Å². The third-order valence-electron chi connectivity index (χ3n) is 3.56. The van der Waals surface area contributed by atoms with E-state index in [0.29, 0.717) is 18.6 Å². The molecule has 1 N–H and O–H groups in total. The summed E-state index contributed by atoms with van der Waals surface area (Å²) in [6.07, 6.45) is 4.30. The fourth-order valence-electron chi connectivity index (χ4n) is 2.15. The molecule has 5 nitrogen and oxygen atoms in total. The quantitative estimate of drug-likeness (QED) is 0.747. The molecule has 0 saturated carbocycles. The number of aromatic hydroxyl groups is 1. The predicted octanol–water partition coefficient (Wildman–Crippen LogP) is 3.93. The van der Waals surface area contributed by atoms with Gasteiger partial charge >= 0.3 is 5.63 Å². The molecule has 0 amide bonds. The van der Waals surface area contributed by atoms with Crippen LogP contribution in [0, 0.1) is 0 Å². The van der Waals surface area contributed by atoms with Gasteiger partial charge in [-0.1, -0.05) is 26.7 Å². The van der Waals surface area contributed by atoms with E-state index >= 15 is 0 Å². The smallest absolute Gasteiger partial charge is 0.346 e. The highest BCUT2D eigenvalue weighted by molar-refractivity contribution is 5.55. The van der Waals surface area contributed by atoms with Crippen LogP contribution in [0.4, 0.5) is 0 Å². The van der Waals surface area contributed by atoms with Crippen molar-refractivity contribution in [1.82, 2.24) is 4.98 Å². The molecule has 1 aromatic heterocycles. The zero-order chi connectivity index (χ0) is 16.7. The van der Waals surface area contributed by atoms with Crippen molar-refractivity contribution in [2.75, 3.05) is 6.61 Å². The Balaban J connectivity index is 2.17. The normalized spacial score (nSPS) is 10.7. The average molecular weight is 317 g/mol. The van der Waals surface area contributed by atoms with Crippen molar-refractivity contribution in [2.24, 2.45) is 0 Å². The van der Waals surface area contributed by atoms with Gasteiger partial charge in [-0.3, -0.25) is 0 Å². The van der Waals surface area contributed by atoms with Crippen LogP contribution in [-0.2, 0) is 6.42 Å². The lowest BCUT2D eigenvalue weighted by Crippen LogP contribution is -2.10. The summed E-state index contributed by atoms with van der Waals surface area (Å²) in [6.45, 7) is 4.80. The molecule has 0 aliphatic heterocycles. The maximum Gasteiger partial charge on any atom is 0.346 e. The van der Waals surface area contributed by atoms with E-state index in [1.54, 1.807) is 24.3 Å². The largest absolute Gasteiger partial charge is 0.494 e. The lowest BCUT2D eigenvalue weighted by molar-refractivity contribution is 0.309. The fraction of sp³-hybridized carbons (Fsp3) is 0.444. The van der Waals surface area contributed by atoms with Gasteiger partial charge in [-0.25, -0.2) is 4.79 Å². The molecule has 1 aromatic carbocycles. The Morgan fingerprint density at radius 1 is 1.13 bits per heavy atom. The molecule has 2 rings (SSSR count). The van der Waals surface area contributed by atoms with Gasteiger partial charge in [0.05, 0.1) is 12.2 Å². The van der Waals surface area contributed by atoms with Gasteiger partial charge < -0.3 is 14.3 Å². The molecule has 0 aliphatic rings. The molecular formula is C18H23NO4. The second kappa shape index (κ2) is 8.36. The predicted molar refractivity (Wildman–Crippen MR) is 88.9 cm³/mol. The summed E-state index contributed by atoms with van der Waals surface area (Å²) in [5.41, 5.74) is 0.349. The molecule has 1 heterocycles. The molecular weight excluding hydrogens is 294 g/mol. The van der Waals surface area contributed by atoms with Crippen LogP contribution in [0.3, 0.4) is 0 Å².